The molecule has 0 heterocycles. The van der Waals surface area contributed by atoms with Crippen LogP contribution in [0.2, 0.25) is 0 Å². The molecule has 0 saturated carbocycles. The lowest BCUT2D eigenvalue weighted by atomic mass is 9.98. The van der Waals surface area contributed by atoms with Gasteiger partial charge in [0.05, 0.1) is 0 Å². The minimum Gasteiger partial charge on any atom is -0.310 e. The summed E-state index contributed by atoms with van der Waals surface area (Å²) in [5, 5.41) is 3.54. The summed E-state index contributed by atoms with van der Waals surface area (Å²) in [6.07, 6.45) is 1.83. The van der Waals surface area contributed by atoms with Gasteiger partial charge in [0.2, 0.25) is 0 Å². The summed E-state index contributed by atoms with van der Waals surface area (Å²) in [5.41, 5.74) is 2.19. The third-order valence-electron chi connectivity index (χ3n) is 3.26. The van der Waals surface area contributed by atoms with Crippen LogP contribution < -0.4 is 5.32 Å². The van der Waals surface area contributed by atoms with Gasteiger partial charge in [-0.05, 0) is 60.8 Å². The first-order valence-corrected chi connectivity index (χ1v) is 8.61. The van der Waals surface area contributed by atoms with Crippen LogP contribution in [-0.2, 0) is 6.42 Å². The van der Waals surface area contributed by atoms with E-state index in [1.54, 1.807) is 12.1 Å². The summed E-state index contributed by atoms with van der Waals surface area (Å²) in [7, 11) is 0. The van der Waals surface area contributed by atoms with Crippen LogP contribution in [0.5, 0.6) is 0 Å². The average molecular weight is 415 g/mol. The predicted octanol–water partition coefficient (Wildman–Crippen LogP) is 5.63. The molecule has 2 rings (SSSR count). The van der Waals surface area contributed by atoms with Crippen molar-refractivity contribution in [3.8, 4) is 0 Å². The molecule has 1 nitrogen and oxygen atoms in total. The van der Waals surface area contributed by atoms with Crippen LogP contribution in [0.4, 0.5) is 4.39 Å². The summed E-state index contributed by atoms with van der Waals surface area (Å²) in [4.78, 5) is 0. The van der Waals surface area contributed by atoms with Gasteiger partial charge in [-0.25, -0.2) is 4.39 Å². The molecule has 0 aliphatic rings. The zero-order valence-corrected chi connectivity index (χ0v) is 15.0. The van der Waals surface area contributed by atoms with E-state index in [1.165, 1.54) is 11.6 Å². The number of hydrogen-bond donors (Lipinski definition) is 1. The van der Waals surface area contributed by atoms with Crippen LogP contribution in [0.3, 0.4) is 0 Å². The fraction of sp³-hybridized carbons (Fsp3) is 0.294. The number of hydrogen-bond acceptors (Lipinski definition) is 1. The van der Waals surface area contributed by atoms with Gasteiger partial charge in [-0.3, -0.25) is 0 Å². The summed E-state index contributed by atoms with van der Waals surface area (Å²) < 4.78 is 15.4. The van der Waals surface area contributed by atoms with Crippen molar-refractivity contribution in [3.63, 3.8) is 0 Å². The van der Waals surface area contributed by atoms with Crippen LogP contribution in [0.25, 0.3) is 0 Å². The Hall–Kier alpha value is -0.710. The molecule has 0 amide bonds. The van der Waals surface area contributed by atoms with Crippen LogP contribution in [-0.4, -0.2) is 6.54 Å². The zero-order chi connectivity index (χ0) is 15.2. The quantitative estimate of drug-likeness (QED) is 0.645. The Morgan fingerprint density at radius 1 is 1.10 bits per heavy atom. The Balaban J connectivity index is 2.25. The number of benzene rings is 2. The summed E-state index contributed by atoms with van der Waals surface area (Å²) in [6.45, 7) is 3.08. The monoisotopic (exact) mass is 413 g/mol. The highest BCUT2D eigenvalue weighted by atomic mass is 79.9. The molecule has 0 saturated heterocycles. The highest BCUT2D eigenvalue weighted by molar-refractivity contribution is 9.11. The van der Waals surface area contributed by atoms with E-state index in [-0.39, 0.29) is 11.9 Å². The second-order valence-corrected chi connectivity index (χ2v) is 6.87. The lowest BCUT2D eigenvalue weighted by molar-refractivity contribution is 0.527. The molecular weight excluding hydrogens is 397 g/mol. The fourth-order valence-electron chi connectivity index (χ4n) is 2.30. The number of halogens is 3. The van der Waals surface area contributed by atoms with Gasteiger partial charge in [0.1, 0.15) is 5.82 Å². The van der Waals surface area contributed by atoms with Crippen LogP contribution in [0.15, 0.2) is 51.4 Å². The normalized spacial score (nSPS) is 12.4. The highest BCUT2D eigenvalue weighted by Crippen LogP contribution is 2.26. The molecule has 0 bridgehead atoms. The predicted molar refractivity (Wildman–Crippen MR) is 93.0 cm³/mol. The van der Waals surface area contributed by atoms with Crippen molar-refractivity contribution < 1.29 is 4.39 Å². The lowest BCUT2D eigenvalue weighted by Crippen LogP contribution is -2.24. The minimum absolute atomic E-state index is 0.167. The maximum absolute atomic E-state index is 13.4. The number of nitrogens with one attached hydrogen (secondary N) is 1. The Kier molecular flexibility index (Phi) is 6.40. The van der Waals surface area contributed by atoms with Crippen molar-refractivity contribution >= 4 is 31.9 Å². The van der Waals surface area contributed by atoms with Gasteiger partial charge in [0, 0.05) is 15.0 Å². The van der Waals surface area contributed by atoms with E-state index in [1.807, 2.05) is 12.1 Å². The molecule has 2 aromatic rings. The van der Waals surface area contributed by atoms with E-state index in [2.05, 4.69) is 56.2 Å². The topological polar surface area (TPSA) is 12.0 Å². The molecule has 0 spiro atoms. The standard InChI is InChI=1S/C17H18Br2FN/c1-2-6-21-17(8-12-4-3-5-16(20)7-12)13-9-14(18)11-15(19)10-13/h3-5,7,9-11,17,21H,2,6,8H2,1H3. The molecule has 0 aliphatic heterocycles. The smallest absolute Gasteiger partial charge is 0.123 e. The molecule has 0 aromatic heterocycles. The number of rotatable bonds is 6. The van der Waals surface area contributed by atoms with E-state index >= 15 is 0 Å². The molecule has 21 heavy (non-hydrogen) atoms. The van der Waals surface area contributed by atoms with Gasteiger partial charge in [0.15, 0.2) is 0 Å². The molecule has 2 aromatic carbocycles. The molecule has 0 fully saturated rings. The largest absolute Gasteiger partial charge is 0.310 e. The first-order valence-electron chi connectivity index (χ1n) is 7.02. The van der Waals surface area contributed by atoms with Crippen LogP contribution in [0.1, 0.15) is 30.5 Å². The molecule has 1 N–H and O–H groups in total. The fourth-order valence-corrected chi connectivity index (χ4v) is 3.63. The van der Waals surface area contributed by atoms with Crippen molar-refractivity contribution in [3.05, 3.63) is 68.4 Å². The van der Waals surface area contributed by atoms with Gasteiger partial charge in [0.25, 0.3) is 0 Å². The molecule has 0 radical (unpaired) electrons. The first kappa shape index (κ1) is 16.7. The van der Waals surface area contributed by atoms with Gasteiger partial charge >= 0.3 is 0 Å². The van der Waals surface area contributed by atoms with Crippen molar-refractivity contribution in [1.82, 2.24) is 5.32 Å². The average Bonchev–Trinajstić information content (AvgIpc) is 2.42. The summed E-state index contributed by atoms with van der Waals surface area (Å²) >= 11 is 7.06. The van der Waals surface area contributed by atoms with Crippen LogP contribution >= 0.6 is 31.9 Å². The van der Waals surface area contributed by atoms with Crippen molar-refractivity contribution in [2.75, 3.05) is 6.54 Å². The molecule has 112 valence electrons. The highest BCUT2D eigenvalue weighted by Gasteiger charge is 2.13. The zero-order valence-electron chi connectivity index (χ0n) is 11.9. The second-order valence-electron chi connectivity index (χ2n) is 5.04. The van der Waals surface area contributed by atoms with E-state index in [9.17, 15) is 4.39 Å². The van der Waals surface area contributed by atoms with Gasteiger partial charge in [-0.1, -0.05) is 50.9 Å². The molecule has 0 aliphatic carbocycles. The van der Waals surface area contributed by atoms with Gasteiger partial charge < -0.3 is 5.32 Å². The van der Waals surface area contributed by atoms with Crippen LogP contribution in [0, 0.1) is 5.82 Å². The third-order valence-corrected chi connectivity index (χ3v) is 4.17. The van der Waals surface area contributed by atoms with E-state index < -0.39 is 0 Å². The summed E-state index contributed by atoms with van der Waals surface area (Å²) in [5.74, 6) is -0.183. The van der Waals surface area contributed by atoms with E-state index in [0.29, 0.717) is 0 Å². The Labute approximate surface area is 142 Å². The van der Waals surface area contributed by atoms with Crippen molar-refractivity contribution in [2.45, 2.75) is 25.8 Å². The third kappa shape index (κ3) is 5.20. The van der Waals surface area contributed by atoms with Crippen molar-refractivity contribution in [2.24, 2.45) is 0 Å². The minimum atomic E-state index is -0.183. The van der Waals surface area contributed by atoms with E-state index in [0.717, 1.165) is 33.9 Å². The molecule has 1 atom stereocenters. The molecule has 4 heteroatoms. The van der Waals surface area contributed by atoms with Gasteiger partial charge in [-0.2, -0.15) is 0 Å². The lowest BCUT2D eigenvalue weighted by Gasteiger charge is -2.20. The Morgan fingerprint density at radius 3 is 2.43 bits per heavy atom. The maximum atomic E-state index is 13.4. The first-order chi connectivity index (χ1) is 10.1. The Morgan fingerprint density at radius 2 is 1.81 bits per heavy atom. The maximum Gasteiger partial charge on any atom is 0.123 e. The van der Waals surface area contributed by atoms with E-state index in [4.69, 9.17) is 0 Å². The molecule has 1 unspecified atom stereocenters. The second kappa shape index (κ2) is 8.06. The van der Waals surface area contributed by atoms with Crippen molar-refractivity contribution in [1.29, 1.82) is 0 Å². The van der Waals surface area contributed by atoms with Gasteiger partial charge in [-0.15, -0.1) is 0 Å². The Bertz CT molecular complexity index is 581. The summed E-state index contributed by atoms with van der Waals surface area (Å²) in [6, 6.07) is 13.2. The molecular formula is C17H18Br2FN. The SMILES string of the molecule is CCCNC(Cc1cccc(F)c1)c1cc(Br)cc(Br)c1.